The summed E-state index contributed by atoms with van der Waals surface area (Å²) in [7, 11) is 0. The molecule has 0 spiro atoms. The average molecular weight is 249 g/mol. The summed E-state index contributed by atoms with van der Waals surface area (Å²) in [6.07, 6.45) is -6.97. The van der Waals surface area contributed by atoms with E-state index in [1.165, 1.54) is 12.1 Å². The molecule has 0 aliphatic rings. The second kappa shape index (κ2) is 5.13. The normalized spacial score (nSPS) is 13.2. The summed E-state index contributed by atoms with van der Waals surface area (Å²) in [5.74, 6) is -0.0890. The van der Waals surface area contributed by atoms with Gasteiger partial charge in [0.25, 0.3) is 0 Å². The lowest BCUT2D eigenvalue weighted by Gasteiger charge is -2.15. The van der Waals surface area contributed by atoms with E-state index in [-0.39, 0.29) is 11.4 Å². The molecule has 0 radical (unpaired) electrons. The highest BCUT2D eigenvalue weighted by Gasteiger charge is 2.38. The van der Waals surface area contributed by atoms with Crippen molar-refractivity contribution in [3.05, 3.63) is 23.5 Å². The van der Waals surface area contributed by atoms with E-state index < -0.39 is 18.9 Å². The molecule has 94 valence electrons. The Labute approximate surface area is 95.0 Å². The molecule has 1 rings (SSSR count). The number of carbonyl (C=O) groups excluding carboxylic acids is 1. The van der Waals surface area contributed by atoms with E-state index in [0.29, 0.717) is 12.0 Å². The minimum Gasteiger partial charge on any atom is -0.488 e. The van der Waals surface area contributed by atoms with Crippen molar-refractivity contribution in [2.75, 3.05) is 6.61 Å². The number of aromatic nitrogens is 1. The summed E-state index contributed by atoms with van der Waals surface area (Å²) >= 11 is 0. The number of rotatable bonds is 4. The number of aldehydes is 1. The Morgan fingerprint density at radius 3 is 2.71 bits per heavy atom. The van der Waals surface area contributed by atoms with Crippen molar-refractivity contribution < 1.29 is 27.8 Å². The van der Waals surface area contributed by atoms with Gasteiger partial charge in [0.2, 0.25) is 0 Å². The highest BCUT2D eigenvalue weighted by atomic mass is 19.4. The fraction of sp³-hybridized carbons (Fsp3) is 0.400. The largest absolute Gasteiger partial charge is 0.488 e. The van der Waals surface area contributed by atoms with Gasteiger partial charge < -0.3 is 9.84 Å². The van der Waals surface area contributed by atoms with Crippen molar-refractivity contribution in [1.29, 1.82) is 0 Å². The first-order valence-electron chi connectivity index (χ1n) is 4.65. The quantitative estimate of drug-likeness (QED) is 0.821. The van der Waals surface area contributed by atoms with Crippen molar-refractivity contribution in [2.45, 2.75) is 19.2 Å². The minimum atomic E-state index is -4.75. The molecule has 0 fully saturated rings. The molecule has 0 aromatic carbocycles. The van der Waals surface area contributed by atoms with E-state index in [9.17, 15) is 18.0 Å². The average Bonchev–Trinajstić information content (AvgIpc) is 2.25. The number of alkyl halides is 3. The van der Waals surface area contributed by atoms with Crippen LogP contribution < -0.4 is 4.74 Å². The van der Waals surface area contributed by atoms with Crippen LogP contribution in [0.5, 0.6) is 5.75 Å². The van der Waals surface area contributed by atoms with Crippen LogP contribution in [-0.4, -0.2) is 35.3 Å². The maximum absolute atomic E-state index is 12.0. The molecule has 0 bridgehead atoms. The highest BCUT2D eigenvalue weighted by molar-refractivity contribution is 5.76. The maximum Gasteiger partial charge on any atom is 0.417 e. The van der Waals surface area contributed by atoms with E-state index in [2.05, 4.69) is 4.98 Å². The van der Waals surface area contributed by atoms with Crippen molar-refractivity contribution in [1.82, 2.24) is 4.98 Å². The van der Waals surface area contributed by atoms with Crippen molar-refractivity contribution in [3.63, 3.8) is 0 Å². The van der Waals surface area contributed by atoms with Crippen LogP contribution in [0.1, 0.15) is 16.2 Å². The topological polar surface area (TPSA) is 59.4 Å². The summed E-state index contributed by atoms with van der Waals surface area (Å²) < 4.78 is 40.7. The molecule has 1 heterocycles. The number of nitrogens with zero attached hydrogens (tertiary/aromatic N) is 1. The number of carbonyl (C=O) groups is 1. The Hall–Kier alpha value is -1.63. The van der Waals surface area contributed by atoms with E-state index >= 15 is 0 Å². The Kier molecular flexibility index (Phi) is 4.06. The maximum atomic E-state index is 12.0. The second-order valence-electron chi connectivity index (χ2n) is 3.32. The van der Waals surface area contributed by atoms with Crippen LogP contribution in [0.15, 0.2) is 12.1 Å². The summed E-state index contributed by atoms with van der Waals surface area (Å²) in [6.45, 7) is 0.649. The standard InChI is InChI=1S/C10H10F3NO3/c1-6-2-3-8(7(4-15)14-6)17-5-9(16)10(11,12)13/h2-4,9,16H,5H2,1H3. The van der Waals surface area contributed by atoms with Crippen LogP contribution in [0, 0.1) is 6.92 Å². The number of aryl methyl sites for hydroxylation is 1. The fourth-order valence-corrected chi connectivity index (χ4v) is 1.03. The van der Waals surface area contributed by atoms with Gasteiger partial charge in [-0.05, 0) is 19.1 Å². The van der Waals surface area contributed by atoms with Gasteiger partial charge in [-0.2, -0.15) is 13.2 Å². The molecule has 17 heavy (non-hydrogen) atoms. The smallest absolute Gasteiger partial charge is 0.417 e. The monoisotopic (exact) mass is 249 g/mol. The van der Waals surface area contributed by atoms with Gasteiger partial charge >= 0.3 is 6.18 Å². The second-order valence-corrected chi connectivity index (χ2v) is 3.32. The van der Waals surface area contributed by atoms with Crippen molar-refractivity contribution in [2.24, 2.45) is 0 Å². The van der Waals surface area contributed by atoms with Crippen LogP contribution in [0.3, 0.4) is 0 Å². The predicted octanol–water partition coefficient (Wildman–Crippen LogP) is 1.50. The lowest BCUT2D eigenvalue weighted by molar-refractivity contribution is -0.210. The molecule has 1 aromatic rings. The summed E-state index contributed by atoms with van der Waals surface area (Å²) in [4.78, 5) is 14.4. The SMILES string of the molecule is Cc1ccc(OCC(O)C(F)(F)F)c(C=O)n1. The third kappa shape index (κ3) is 3.70. The van der Waals surface area contributed by atoms with Gasteiger partial charge in [0, 0.05) is 5.69 Å². The molecular weight excluding hydrogens is 239 g/mol. The molecule has 0 aliphatic heterocycles. The minimum absolute atomic E-state index is 0.0890. The zero-order valence-corrected chi connectivity index (χ0v) is 8.86. The van der Waals surface area contributed by atoms with Gasteiger partial charge in [-0.3, -0.25) is 4.79 Å². The first-order valence-corrected chi connectivity index (χ1v) is 4.65. The number of pyridine rings is 1. The lowest BCUT2D eigenvalue weighted by atomic mass is 10.3. The fourth-order valence-electron chi connectivity index (χ4n) is 1.03. The summed E-state index contributed by atoms with van der Waals surface area (Å²) in [5.41, 5.74) is 0.440. The molecule has 1 atom stereocenters. The zero-order valence-electron chi connectivity index (χ0n) is 8.86. The van der Waals surface area contributed by atoms with Gasteiger partial charge in [-0.15, -0.1) is 0 Å². The molecule has 7 heteroatoms. The first-order chi connectivity index (χ1) is 7.84. The molecule has 0 saturated heterocycles. The Bertz CT molecular complexity index is 406. The summed E-state index contributed by atoms with van der Waals surface area (Å²) in [5, 5.41) is 8.71. The van der Waals surface area contributed by atoms with Gasteiger partial charge in [-0.1, -0.05) is 0 Å². The van der Waals surface area contributed by atoms with Crippen LogP contribution in [0.2, 0.25) is 0 Å². The van der Waals surface area contributed by atoms with Crippen LogP contribution in [-0.2, 0) is 0 Å². The molecule has 4 nitrogen and oxygen atoms in total. The molecule has 1 aromatic heterocycles. The van der Waals surface area contributed by atoms with Crippen molar-refractivity contribution in [3.8, 4) is 5.75 Å². The molecule has 0 aliphatic carbocycles. The number of aliphatic hydroxyl groups is 1. The van der Waals surface area contributed by atoms with Crippen molar-refractivity contribution >= 4 is 6.29 Å². The van der Waals surface area contributed by atoms with E-state index in [1.807, 2.05) is 0 Å². The summed E-state index contributed by atoms with van der Waals surface area (Å²) in [6, 6.07) is 2.82. The third-order valence-electron chi connectivity index (χ3n) is 1.91. The van der Waals surface area contributed by atoms with Crippen LogP contribution in [0.25, 0.3) is 0 Å². The first kappa shape index (κ1) is 13.4. The zero-order chi connectivity index (χ0) is 13.1. The number of ether oxygens (including phenoxy) is 1. The Morgan fingerprint density at radius 2 is 2.18 bits per heavy atom. The Morgan fingerprint density at radius 1 is 1.53 bits per heavy atom. The van der Waals surface area contributed by atoms with Gasteiger partial charge in [0.1, 0.15) is 18.1 Å². The number of halogens is 3. The van der Waals surface area contributed by atoms with Crippen LogP contribution in [0.4, 0.5) is 13.2 Å². The van der Waals surface area contributed by atoms with Gasteiger partial charge in [-0.25, -0.2) is 4.98 Å². The van der Waals surface area contributed by atoms with E-state index in [0.717, 1.165) is 0 Å². The molecule has 0 amide bonds. The Balaban J connectivity index is 2.73. The molecule has 1 unspecified atom stereocenters. The third-order valence-corrected chi connectivity index (χ3v) is 1.91. The molecule has 0 saturated carbocycles. The van der Waals surface area contributed by atoms with Gasteiger partial charge in [0.15, 0.2) is 12.4 Å². The lowest BCUT2D eigenvalue weighted by Crippen LogP contribution is -2.34. The van der Waals surface area contributed by atoms with E-state index in [4.69, 9.17) is 9.84 Å². The number of hydrogen-bond donors (Lipinski definition) is 1. The molecular formula is C10H10F3NO3. The predicted molar refractivity (Wildman–Crippen MR) is 51.9 cm³/mol. The van der Waals surface area contributed by atoms with Gasteiger partial charge in [0.05, 0.1) is 0 Å². The highest BCUT2D eigenvalue weighted by Crippen LogP contribution is 2.22. The number of aliphatic hydroxyl groups excluding tert-OH is 1. The number of hydrogen-bond acceptors (Lipinski definition) is 4. The molecule has 1 N–H and O–H groups in total. The van der Waals surface area contributed by atoms with E-state index in [1.54, 1.807) is 6.92 Å². The van der Waals surface area contributed by atoms with Crippen LogP contribution >= 0.6 is 0 Å².